The lowest BCUT2D eigenvalue weighted by Gasteiger charge is -2.11. The third-order valence-electron chi connectivity index (χ3n) is 3.04. The van der Waals surface area contributed by atoms with Gasteiger partial charge >= 0.3 is 5.97 Å². The maximum atomic E-state index is 12.3. The first-order valence-electron chi connectivity index (χ1n) is 6.99. The number of ether oxygens (including phenoxy) is 2. The molecule has 2 aromatic rings. The summed E-state index contributed by atoms with van der Waals surface area (Å²) in [6, 6.07) is 11.9. The van der Waals surface area contributed by atoms with E-state index in [9.17, 15) is 9.59 Å². The van der Waals surface area contributed by atoms with Crippen LogP contribution in [0.2, 0.25) is 0 Å². The fraction of sp³-hybridized carbons (Fsp3) is 0.176. The Kier molecular flexibility index (Phi) is 5.76. The van der Waals surface area contributed by atoms with Gasteiger partial charge in [0.2, 0.25) is 0 Å². The lowest BCUT2D eigenvalue weighted by atomic mass is 10.2. The van der Waals surface area contributed by atoms with E-state index in [1.54, 1.807) is 31.2 Å². The van der Waals surface area contributed by atoms with Crippen molar-refractivity contribution in [1.29, 1.82) is 0 Å². The third-order valence-corrected chi connectivity index (χ3v) is 3.57. The number of carbonyl (C=O) groups excluding carboxylic acids is 2. The summed E-state index contributed by atoms with van der Waals surface area (Å²) < 4.78 is 11.3. The fourth-order valence-corrected chi connectivity index (χ4v) is 2.09. The molecule has 1 N–H and O–H groups in total. The number of benzene rings is 2. The molecule has 2 rings (SSSR count). The van der Waals surface area contributed by atoms with E-state index in [-0.39, 0.29) is 18.3 Å². The molecule has 0 unspecified atom stereocenters. The summed E-state index contributed by atoms with van der Waals surface area (Å²) in [5.41, 5.74) is 1.08. The van der Waals surface area contributed by atoms with Gasteiger partial charge in [-0.05, 0) is 42.5 Å². The van der Waals surface area contributed by atoms with E-state index in [1.807, 2.05) is 12.1 Å². The Bertz CT molecular complexity index is 713. The summed E-state index contributed by atoms with van der Waals surface area (Å²) in [6.07, 6.45) is 0.259. The first-order chi connectivity index (χ1) is 11.0. The van der Waals surface area contributed by atoms with Crippen LogP contribution in [-0.4, -0.2) is 19.0 Å². The topological polar surface area (TPSA) is 64.6 Å². The summed E-state index contributed by atoms with van der Waals surface area (Å²) >= 11 is 3.34. The summed E-state index contributed by atoms with van der Waals surface area (Å²) in [5, 5.41) is 2.79. The Labute approximate surface area is 142 Å². The van der Waals surface area contributed by atoms with Gasteiger partial charge in [-0.2, -0.15) is 0 Å². The molecule has 0 aliphatic rings. The third kappa shape index (κ3) is 4.56. The smallest absolute Gasteiger partial charge is 0.311 e. The Hall–Kier alpha value is -2.34. The lowest BCUT2D eigenvalue weighted by Crippen LogP contribution is -2.12. The molecule has 1 amide bonds. The number of amides is 1. The van der Waals surface area contributed by atoms with Crippen molar-refractivity contribution < 1.29 is 19.1 Å². The van der Waals surface area contributed by atoms with Crippen LogP contribution >= 0.6 is 15.9 Å². The second kappa shape index (κ2) is 7.78. The molecule has 6 heteroatoms. The van der Waals surface area contributed by atoms with Gasteiger partial charge in [-0.15, -0.1) is 0 Å². The highest BCUT2D eigenvalue weighted by Gasteiger charge is 2.13. The van der Waals surface area contributed by atoms with Crippen LogP contribution in [0.3, 0.4) is 0 Å². The van der Waals surface area contributed by atoms with E-state index < -0.39 is 0 Å². The molecule has 0 saturated carbocycles. The molecule has 0 aliphatic heterocycles. The van der Waals surface area contributed by atoms with Crippen LogP contribution in [0.4, 0.5) is 5.69 Å². The van der Waals surface area contributed by atoms with Crippen LogP contribution < -0.4 is 14.8 Å². The maximum absolute atomic E-state index is 12.3. The molecule has 0 radical (unpaired) electrons. The van der Waals surface area contributed by atoms with Crippen LogP contribution in [0.1, 0.15) is 23.7 Å². The molecule has 0 saturated heterocycles. The van der Waals surface area contributed by atoms with Gasteiger partial charge < -0.3 is 14.8 Å². The molecule has 0 heterocycles. The Morgan fingerprint density at radius 2 is 1.78 bits per heavy atom. The predicted octanol–water partition coefficient (Wildman–Crippen LogP) is 4.03. The molecular formula is C17H16BrNO4. The Morgan fingerprint density at radius 3 is 2.39 bits per heavy atom. The number of hydrogen-bond donors (Lipinski definition) is 1. The minimum atomic E-state index is -0.365. The van der Waals surface area contributed by atoms with Gasteiger partial charge in [0.05, 0.1) is 7.11 Å². The predicted molar refractivity (Wildman–Crippen MR) is 91.0 cm³/mol. The van der Waals surface area contributed by atoms with Crippen LogP contribution in [0.25, 0.3) is 0 Å². The molecule has 2 aromatic carbocycles. The van der Waals surface area contributed by atoms with Crippen molar-refractivity contribution in [1.82, 2.24) is 0 Å². The lowest BCUT2D eigenvalue weighted by molar-refractivity contribution is -0.134. The summed E-state index contributed by atoms with van der Waals surface area (Å²) in [7, 11) is 1.45. The van der Waals surface area contributed by atoms with Crippen LogP contribution in [0.5, 0.6) is 11.5 Å². The maximum Gasteiger partial charge on any atom is 0.311 e. The molecule has 0 fully saturated rings. The zero-order valence-electron chi connectivity index (χ0n) is 12.8. The SMILES string of the molecule is CCC(=O)Oc1ccc(C(=O)Nc2ccc(Br)cc2)cc1OC. The molecule has 0 aliphatic carbocycles. The number of esters is 1. The number of halogens is 1. The van der Waals surface area contributed by atoms with Gasteiger partial charge in [0, 0.05) is 22.1 Å². The van der Waals surface area contributed by atoms with Gasteiger partial charge in [-0.1, -0.05) is 22.9 Å². The quantitative estimate of drug-likeness (QED) is 0.631. The molecule has 5 nitrogen and oxygen atoms in total. The highest BCUT2D eigenvalue weighted by molar-refractivity contribution is 9.10. The van der Waals surface area contributed by atoms with E-state index in [1.165, 1.54) is 13.2 Å². The number of methoxy groups -OCH3 is 1. The summed E-state index contributed by atoms with van der Waals surface area (Å²) in [6.45, 7) is 1.70. The van der Waals surface area contributed by atoms with E-state index in [0.717, 1.165) is 4.47 Å². The van der Waals surface area contributed by atoms with Crippen molar-refractivity contribution in [2.45, 2.75) is 13.3 Å². The van der Waals surface area contributed by atoms with Crippen molar-refractivity contribution in [3.8, 4) is 11.5 Å². The standard InChI is InChI=1S/C17H16BrNO4/c1-3-16(20)23-14-9-4-11(10-15(14)22-2)17(21)19-13-7-5-12(18)6-8-13/h4-10H,3H2,1-2H3,(H,19,21). The highest BCUT2D eigenvalue weighted by Crippen LogP contribution is 2.28. The number of nitrogens with one attached hydrogen (secondary N) is 1. The molecule has 120 valence electrons. The number of rotatable bonds is 5. The number of carbonyl (C=O) groups is 2. The normalized spacial score (nSPS) is 10.0. The first-order valence-corrected chi connectivity index (χ1v) is 7.78. The zero-order chi connectivity index (χ0) is 16.8. The van der Waals surface area contributed by atoms with E-state index in [4.69, 9.17) is 9.47 Å². The zero-order valence-corrected chi connectivity index (χ0v) is 14.3. The second-order valence-corrected chi connectivity index (χ2v) is 5.57. The Balaban J connectivity index is 2.17. The minimum absolute atomic E-state index is 0.259. The van der Waals surface area contributed by atoms with Gasteiger partial charge in [0.25, 0.3) is 5.91 Å². The monoisotopic (exact) mass is 377 g/mol. The Morgan fingerprint density at radius 1 is 1.09 bits per heavy atom. The van der Waals surface area contributed by atoms with Crippen LogP contribution in [-0.2, 0) is 4.79 Å². The largest absolute Gasteiger partial charge is 0.493 e. The number of anilines is 1. The van der Waals surface area contributed by atoms with E-state index in [0.29, 0.717) is 22.7 Å². The molecule has 0 bridgehead atoms. The van der Waals surface area contributed by atoms with Crippen molar-refractivity contribution in [2.24, 2.45) is 0 Å². The average molecular weight is 378 g/mol. The molecule has 23 heavy (non-hydrogen) atoms. The summed E-state index contributed by atoms with van der Waals surface area (Å²) in [5.74, 6) is -0.0239. The molecule has 0 aromatic heterocycles. The van der Waals surface area contributed by atoms with Gasteiger partial charge in [0.15, 0.2) is 11.5 Å². The van der Waals surface area contributed by atoms with Crippen molar-refractivity contribution in [3.05, 3.63) is 52.5 Å². The van der Waals surface area contributed by atoms with Crippen LogP contribution in [0, 0.1) is 0 Å². The molecular weight excluding hydrogens is 362 g/mol. The van der Waals surface area contributed by atoms with Gasteiger partial charge in [-0.3, -0.25) is 9.59 Å². The minimum Gasteiger partial charge on any atom is -0.493 e. The highest BCUT2D eigenvalue weighted by atomic mass is 79.9. The van der Waals surface area contributed by atoms with Crippen molar-refractivity contribution in [2.75, 3.05) is 12.4 Å². The fourth-order valence-electron chi connectivity index (χ4n) is 1.82. The summed E-state index contributed by atoms with van der Waals surface area (Å²) in [4.78, 5) is 23.6. The molecule has 0 atom stereocenters. The van der Waals surface area contributed by atoms with Crippen molar-refractivity contribution >= 4 is 33.5 Å². The van der Waals surface area contributed by atoms with E-state index >= 15 is 0 Å². The average Bonchev–Trinajstić information content (AvgIpc) is 2.57. The van der Waals surface area contributed by atoms with Gasteiger partial charge in [-0.25, -0.2) is 0 Å². The molecule has 0 spiro atoms. The first kappa shape index (κ1) is 17.0. The second-order valence-electron chi connectivity index (χ2n) is 4.65. The number of hydrogen-bond acceptors (Lipinski definition) is 4. The van der Waals surface area contributed by atoms with Crippen molar-refractivity contribution in [3.63, 3.8) is 0 Å². The van der Waals surface area contributed by atoms with Gasteiger partial charge in [0.1, 0.15) is 0 Å². The van der Waals surface area contributed by atoms with E-state index in [2.05, 4.69) is 21.2 Å². The van der Waals surface area contributed by atoms with Crippen LogP contribution in [0.15, 0.2) is 46.9 Å².